The smallest absolute Gasteiger partial charge is 0.306 e. The zero-order chi connectivity index (χ0) is 59.9. The molecule has 0 spiro atoms. The van der Waals surface area contributed by atoms with E-state index >= 15 is 0 Å². The molecule has 0 saturated carbocycles. The van der Waals surface area contributed by atoms with Crippen LogP contribution in [0, 0.1) is 0 Å². The van der Waals surface area contributed by atoms with Gasteiger partial charge in [-0.3, -0.25) is 14.4 Å². The van der Waals surface area contributed by atoms with Crippen molar-refractivity contribution >= 4 is 17.9 Å². The fourth-order valence-electron chi connectivity index (χ4n) is 9.06. The molecule has 6 nitrogen and oxygen atoms in total. The summed E-state index contributed by atoms with van der Waals surface area (Å²) in [6, 6.07) is 0. The zero-order valence-electron chi connectivity index (χ0n) is 53.7. The van der Waals surface area contributed by atoms with Crippen molar-refractivity contribution in [2.75, 3.05) is 13.2 Å². The lowest BCUT2D eigenvalue weighted by molar-refractivity contribution is -0.166. The molecule has 83 heavy (non-hydrogen) atoms. The summed E-state index contributed by atoms with van der Waals surface area (Å²) in [5, 5.41) is 0. The Balaban J connectivity index is 4.34. The van der Waals surface area contributed by atoms with Gasteiger partial charge in [0, 0.05) is 19.3 Å². The van der Waals surface area contributed by atoms with Gasteiger partial charge >= 0.3 is 17.9 Å². The van der Waals surface area contributed by atoms with Gasteiger partial charge < -0.3 is 14.2 Å². The lowest BCUT2D eigenvalue weighted by atomic mass is 10.0. The Morgan fingerprint density at radius 1 is 0.241 bits per heavy atom. The van der Waals surface area contributed by atoms with Crippen molar-refractivity contribution < 1.29 is 28.6 Å². The summed E-state index contributed by atoms with van der Waals surface area (Å²) >= 11 is 0. The Labute approximate surface area is 511 Å². The number of hydrogen-bond donors (Lipinski definition) is 0. The van der Waals surface area contributed by atoms with Crippen molar-refractivity contribution in [3.05, 3.63) is 158 Å². The zero-order valence-corrected chi connectivity index (χ0v) is 53.7. The van der Waals surface area contributed by atoms with Crippen molar-refractivity contribution in [3.63, 3.8) is 0 Å². The molecule has 0 aromatic rings. The predicted octanol–water partition coefficient (Wildman–Crippen LogP) is 23.7. The fourth-order valence-corrected chi connectivity index (χ4v) is 9.06. The van der Waals surface area contributed by atoms with Crippen molar-refractivity contribution in [1.82, 2.24) is 0 Å². The molecule has 0 N–H and O–H groups in total. The highest BCUT2D eigenvalue weighted by Crippen LogP contribution is 2.16. The van der Waals surface area contributed by atoms with E-state index in [9.17, 15) is 14.4 Å². The third-order valence-electron chi connectivity index (χ3n) is 14.0. The van der Waals surface area contributed by atoms with E-state index in [4.69, 9.17) is 14.2 Å². The van der Waals surface area contributed by atoms with E-state index in [-0.39, 0.29) is 37.5 Å². The standard InChI is InChI=1S/C77H124O6/c1-4-7-10-13-16-19-22-25-27-29-31-33-35-36-37-38-39-40-42-43-45-47-49-52-55-58-61-64-67-70-76(79)82-73-74(72-81-75(78)69-66-63-60-57-54-51-24-21-18-15-12-9-6-3)83-77(80)71-68-65-62-59-56-53-50-48-46-44-41-34-32-30-28-26-23-20-17-14-11-8-5-2/h7-12,16-21,25-28,31-34,44,46,51,54,60,63,74H,4-6,13-15,22-24,29-30,35-43,45,47-50,52-53,55-59,61-62,64-73H2,1-3H3/b10-7-,11-8-,12-9-,19-16-,20-17-,21-18-,27-25-,28-26-,33-31-,34-32-,46-44-,54-51-,63-60-. The monoisotopic (exact) mass is 1140 g/mol. The predicted molar refractivity (Wildman–Crippen MR) is 362 cm³/mol. The maximum absolute atomic E-state index is 12.9. The molecule has 0 bridgehead atoms. The maximum Gasteiger partial charge on any atom is 0.306 e. The van der Waals surface area contributed by atoms with Gasteiger partial charge in [-0.2, -0.15) is 0 Å². The number of unbranched alkanes of at least 4 members (excludes halogenated alkanes) is 23. The third-order valence-corrected chi connectivity index (χ3v) is 14.0. The number of rotatable bonds is 60. The second-order valence-corrected chi connectivity index (χ2v) is 21.9. The van der Waals surface area contributed by atoms with Crippen LogP contribution in [0.4, 0.5) is 0 Å². The van der Waals surface area contributed by atoms with Gasteiger partial charge in [0.1, 0.15) is 13.2 Å². The van der Waals surface area contributed by atoms with Crippen LogP contribution in [0.5, 0.6) is 0 Å². The van der Waals surface area contributed by atoms with Gasteiger partial charge in [0.05, 0.1) is 0 Å². The highest BCUT2D eigenvalue weighted by Gasteiger charge is 2.19. The fraction of sp³-hybridized carbons (Fsp3) is 0.623. The van der Waals surface area contributed by atoms with Crippen LogP contribution in [0.15, 0.2) is 158 Å². The average Bonchev–Trinajstić information content (AvgIpc) is 3.49. The molecule has 0 aromatic heterocycles. The summed E-state index contributed by atoms with van der Waals surface area (Å²) in [6.45, 7) is 6.24. The van der Waals surface area contributed by atoms with Gasteiger partial charge in [-0.1, -0.05) is 301 Å². The number of ether oxygens (including phenoxy) is 3. The molecule has 0 aromatic carbocycles. The lowest BCUT2D eigenvalue weighted by Gasteiger charge is -2.18. The SMILES string of the molecule is CC/C=C\C/C=C\C/C=C\C/C=C\C/C=C\CCCCCCCCCC(=O)OC(COC(=O)CC/C=C\C/C=C\C/C=C\C/C=C\CC)COC(=O)CCCCCCCCCCCCCCCCCC/C=C\C/C=C\C/C=C\C/C=C\CC. The molecule has 0 aliphatic carbocycles. The van der Waals surface area contributed by atoms with Crippen LogP contribution in [0.3, 0.4) is 0 Å². The van der Waals surface area contributed by atoms with Crippen LogP contribution in [0.2, 0.25) is 0 Å². The molecule has 0 fully saturated rings. The van der Waals surface area contributed by atoms with Gasteiger partial charge in [-0.05, 0) is 128 Å². The van der Waals surface area contributed by atoms with E-state index in [1.807, 2.05) is 6.08 Å². The summed E-state index contributed by atoms with van der Waals surface area (Å²) in [7, 11) is 0. The van der Waals surface area contributed by atoms with Gasteiger partial charge in [-0.25, -0.2) is 0 Å². The molecule has 0 aliphatic rings. The molecular formula is C77H124O6. The Bertz CT molecular complexity index is 1840. The number of carbonyl (C=O) groups excluding carboxylic acids is 3. The Kier molecular flexibility index (Phi) is 65.4. The molecule has 0 saturated heterocycles. The van der Waals surface area contributed by atoms with E-state index in [1.165, 1.54) is 109 Å². The van der Waals surface area contributed by atoms with E-state index < -0.39 is 6.10 Å². The molecule has 0 aliphatic heterocycles. The van der Waals surface area contributed by atoms with E-state index in [1.54, 1.807) is 0 Å². The first-order chi connectivity index (χ1) is 41.0. The van der Waals surface area contributed by atoms with Crippen LogP contribution >= 0.6 is 0 Å². The van der Waals surface area contributed by atoms with Crippen molar-refractivity contribution in [2.45, 2.75) is 297 Å². The van der Waals surface area contributed by atoms with Crippen molar-refractivity contribution in [3.8, 4) is 0 Å². The summed E-state index contributed by atoms with van der Waals surface area (Å²) in [5.74, 6) is -1.00. The quantitative estimate of drug-likeness (QED) is 0.0261. The Hall–Kier alpha value is -4.97. The number of carbonyl (C=O) groups is 3. The summed E-state index contributed by atoms with van der Waals surface area (Å²) in [4.78, 5) is 38.3. The highest BCUT2D eigenvalue weighted by atomic mass is 16.6. The molecule has 0 rings (SSSR count). The minimum atomic E-state index is -0.821. The van der Waals surface area contributed by atoms with Crippen LogP contribution in [-0.4, -0.2) is 37.2 Å². The normalized spacial score (nSPS) is 13.1. The summed E-state index contributed by atoms with van der Waals surface area (Å²) in [6.07, 6.45) is 101. The van der Waals surface area contributed by atoms with Crippen LogP contribution in [-0.2, 0) is 28.6 Å². The minimum absolute atomic E-state index is 0.109. The highest BCUT2D eigenvalue weighted by molar-refractivity contribution is 5.71. The van der Waals surface area contributed by atoms with Crippen LogP contribution in [0.25, 0.3) is 0 Å². The number of esters is 3. The Morgan fingerprint density at radius 2 is 0.458 bits per heavy atom. The molecule has 1 unspecified atom stereocenters. The molecular weight excluding hydrogens is 1020 g/mol. The van der Waals surface area contributed by atoms with Crippen LogP contribution in [0.1, 0.15) is 290 Å². The molecule has 468 valence electrons. The first-order valence-corrected chi connectivity index (χ1v) is 34.0. The number of allylic oxidation sites excluding steroid dienone is 26. The second-order valence-electron chi connectivity index (χ2n) is 21.9. The third kappa shape index (κ3) is 67.7. The molecule has 1 atom stereocenters. The first-order valence-electron chi connectivity index (χ1n) is 34.0. The van der Waals surface area contributed by atoms with Gasteiger partial charge in [0.15, 0.2) is 6.10 Å². The molecule has 0 radical (unpaired) electrons. The lowest BCUT2D eigenvalue weighted by Crippen LogP contribution is -2.30. The average molecular weight is 1150 g/mol. The van der Waals surface area contributed by atoms with Crippen molar-refractivity contribution in [1.29, 1.82) is 0 Å². The summed E-state index contributed by atoms with van der Waals surface area (Å²) in [5.41, 5.74) is 0. The topological polar surface area (TPSA) is 78.9 Å². The van der Waals surface area contributed by atoms with Crippen LogP contribution < -0.4 is 0 Å². The first kappa shape index (κ1) is 78.0. The largest absolute Gasteiger partial charge is 0.462 e. The van der Waals surface area contributed by atoms with Gasteiger partial charge in [0.25, 0.3) is 0 Å². The van der Waals surface area contributed by atoms with Crippen molar-refractivity contribution in [2.24, 2.45) is 0 Å². The van der Waals surface area contributed by atoms with Gasteiger partial charge in [-0.15, -0.1) is 0 Å². The molecule has 0 heterocycles. The van der Waals surface area contributed by atoms with E-state index in [0.29, 0.717) is 19.3 Å². The maximum atomic E-state index is 12.9. The number of hydrogen-bond acceptors (Lipinski definition) is 6. The van der Waals surface area contributed by atoms with Gasteiger partial charge in [0.2, 0.25) is 0 Å². The Morgan fingerprint density at radius 3 is 0.747 bits per heavy atom. The molecule has 0 amide bonds. The summed E-state index contributed by atoms with van der Waals surface area (Å²) < 4.78 is 16.9. The van der Waals surface area contributed by atoms with E-state index in [2.05, 4.69) is 173 Å². The molecule has 6 heteroatoms. The van der Waals surface area contributed by atoms with E-state index in [0.717, 1.165) is 135 Å². The second kappa shape index (κ2) is 69.5. The minimum Gasteiger partial charge on any atom is -0.462 e.